The summed E-state index contributed by atoms with van der Waals surface area (Å²) in [6, 6.07) is 7.69. The second-order valence-corrected chi connectivity index (χ2v) is 6.54. The van der Waals surface area contributed by atoms with E-state index in [1.165, 1.54) is 12.8 Å². The molecule has 0 aromatic heterocycles. The standard InChI is InChI=1S/C19H30N4O.HI/c1-4-22(5-2)18(24)17-10-8-16(9-11-17)13-21-19(20)23-12-6-7-15(3)14-23;/h8-11,15H,4-7,12-14H2,1-3H3,(H2,20,21);1H. The van der Waals surface area contributed by atoms with E-state index >= 15 is 0 Å². The number of nitrogens with zero attached hydrogens (tertiary/aromatic N) is 3. The SMILES string of the molecule is CCN(CC)C(=O)c1ccc(CN=C(N)N2CCCC(C)C2)cc1.I. The van der Waals surface area contributed by atoms with Gasteiger partial charge in [-0.05, 0) is 50.3 Å². The number of guanidine groups is 1. The van der Waals surface area contributed by atoms with E-state index in [1.807, 2.05) is 43.0 Å². The zero-order chi connectivity index (χ0) is 17.5. The first kappa shape index (κ1) is 21.7. The summed E-state index contributed by atoms with van der Waals surface area (Å²) in [5, 5.41) is 0. The smallest absolute Gasteiger partial charge is 0.253 e. The molecular weight excluding hydrogens is 427 g/mol. The quantitative estimate of drug-likeness (QED) is 0.418. The van der Waals surface area contributed by atoms with Crippen LogP contribution in [0.4, 0.5) is 0 Å². The average molecular weight is 458 g/mol. The van der Waals surface area contributed by atoms with E-state index < -0.39 is 0 Å². The highest BCUT2D eigenvalue weighted by Gasteiger charge is 2.17. The molecule has 1 aliphatic heterocycles. The maximum atomic E-state index is 12.3. The predicted molar refractivity (Wildman–Crippen MR) is 114 cm³/mol. The lowest BCUT2D eigenvalue weighted by Crippen LogP contribution is -2.43. The predicted octanol–water partition coefficient (Wildman–Crippen LogP) is 3.33. The van der Waals surface area contributed by atoms with Crippen molar-refractivity contribution in [2.24, 2.45) is 16.6 Å². The van der Waals surface area contributed by atoms with Crippen LogP contribution in [0.1, 0.15) is 49.5 Å². The summed E-state index contributed by atoms with van der Waals surface area (Å²) in [6.07, 6.45) is 2.45. The lowest BCUT2D eigenvalue weighted by molar-refractivity contribution is 0.0773. The van der Waals surface area contributed by atoms with E-state index in [0.29, 0.717) is 18.4 Å². The van der Waals surface area contributed by atoms with Crippen molar-refractivity contribution >= 4 is 35.8 Å². The molecule has 1 fully saturated rings. The summed E-state index contributed by atoms with van der Waals surface area (Å²) in [6.45, 7) is 10.2. The normalized spacial score (nSPS) is 17.8. The number of benzene rings is 1. The van der Waals surface area contributed by atoms with Crippen molar-refractivity contribution < 1.29 is 4.79 Å². The summed E-state index contributed by atoms with van der Waals surface area (Å²) < 4.78 is 0. The van der Waals surface area contributed by atoms with Crippen LogP contribution >= 0.6 is 24.0 Å². The number of hydrogen-bond acceptors (Lipinski definition) is 2. The first-order chi connectivity index (χ1) is 11.5. The number of amides is 1. The van der Waals surface area contributed by atoms with Gasteiger partial charge in [0.25, 0.3) is 5.91 Å². The van der Waals surface area contributed by atoms with Gasteiger partial charge in [-0.3, -0.25) is 4.79 Å². The van der Waals surface area contributed by atoms with Gasteiger partial charge in [0, 0.05) is 31.7 Å². The molecule has 0 saturated carbocycles. The third kappa shape index (κ3) is 6.17. The second-order valence-electron chi connectivity index (χ2n) is 6.54. The van der Waals surface area contributed by atoms with Crippen LogP contribution in [0.2, 0.25) is 0 Å². The Bertz CT molecular complexity index is 569. The molecule has 5 nitrogen and oxygen atoms in total. The van der Waals surface area contributed by atoms with Gasteiger partial charge in [0.15, 0.2) is 5.96 Å². The number of halogens is 1. The molecule has 1 saturated heterocycles. The Morgan fingerprint density at radius 1 is 1.28 bits per heavy atom. The van der Waals surface area contributed by atoms with Crippen LogP contribution in [0.15, 0.2) is 29.3 Å². The lowest BCUT2D eigenvalue weighted by atomic mass is 10.0. The molecule has 2 rings (SSSR count). The van der Waals surface area contributed by atoms with Crippen molar-refractivity contribution in [2.75, 3.05) is 26.2 Å². The van der Waals surface area contributed by atoms with Crippen LogP contribution in [0.25, 0.3) is 0 Å². The molecule has 1 heterocycles. The number of nitrogens with two attached hydrogens (primary N) is 1. The van der Waals surface area contributed by atoms with Crippen LogP contribution < -0.4 is 5.73 Å². The molecule has 140 valence electrons. The van der Waals surface area contributed by atoms with E-state index in [-0.39, 0.29) is 29.9 Å². The Hall–Kier alpha value is -1.31. The lowest BCUT2D eigenvalue weighted by Gasteiger charge is -2.31. The molecule has 0 spiro atoms. The average Bonchev–Trinajstić information content (AvgIpc) is 2.61. The fourth-order valence-electron chi connectivity index (χ4n) is 3.12. The van der Waals surface area contributed by atoms with Crippen LogP contribution in [-0.2, 0) is 6.54 Å². The Balaban J connectivity index is 0.00000312. The number of likely N-dealkylation sites (tertiary alicyclic amines) is 1. The van der Waals surface area contributed by atoms with Crippen molar-refractivity contribution in [3.63, 3.8) is 0 Å². The number of aliphatic imine (C=N–C) groups is 1. The molecule has 1 amide bonds. The zero-order valence-corrected chi connectivity index (χ0v) is 17.9. The third-order valence-corrected chi connectivity index (χ3v) is 4.66. The highest BCUT2D eigenvalue weighted by molar-refractivity contribution is 14.0. The van der Waals surface area contributed by atoms with Crippen molar-refractivity contribution in [1.29, 1.82) is 0 Å². The van der Waals surface area contributed by atoms with Crippen molar-refractivity contribution in [2.45, 2.75) is 40.2 Å². The molecule has 2 N–H and O–H groups in total. The molecule has 1 aromatic rings. The van der Waals surface area contributed by atoms with Gasteiger partial charge in [0.1, 0.15) is 0 Å². The number of carbonyl (C=O) groups is 1. The summed E-state index contributed by atoms with van der Waals surface area (Å²) in [4.78, 5) is 20.8. The summed E-state index contributed by atoms with van der Waals surface area (Å²) in [7, 11) is 0. The maximum Gasteiger partial charge on any atom is 0.253 e. The van der Waals surface area contributed by atoms with Gasteiger partial charge >= 0.3 is 0 Å². The van der Waals surface area contributed by atoms with Crippen LogP contribution in [-0.4, -0.2) is 47.8 Å². The van der Waals surface area contributed by atoms with Crippen molar-refractivity contribution in [1.82, 2.24) is 9.80 Å². The number of rotatable bonds is 5. The summed E-state index contributed by atoms with van der Waals surface area (Å²) >= 11 is 0. The van der Waals surface area contributed by atoms with Crippen molar-refractivity contribution in [3.8, 4) is 0 Å². The molecule has 0 radical (unpaired) electrons. The Kier molecular flexibility index (Phi) is 9.24. The summed E-state index contributed by atoms with van der Waals surface area (Å²) in [5.74, 6) is 1.39. The zero-order valence-electron chi connectivity index (χ0n) is 15.6. The monoisotopic (exact) mass is 458 g/mol. The number of carbonyl (C=O) groups excluding carboxylic acids is 1. The van der Waals surface area contributed by atoms with E-state index in [0.717, 1.165) is 37.3 Å². The second kappa shape index (κ2) is 10.6. The van der Waals surface area contributed by atoms with Gasteiger partial charge in [0.05, 0.1) is 6.54 Å². The van der Waals surface area contributed by atoms with Gasteiger partial charge in [-0.2, -0.15) is 0 Å². The fourth-order valence-corrected chi connectivity index (χ4v) is 3.12. The van der Waals surface area contributed by atoms with Gasteiger partial charge < -0.3 is 15.5 Å². The van der Waals surface area contributed by atoms with Gasteiger partial charge in [-0.25, -0.2) is 4.99 Å². The van der Waals surface area contributed by atoms with E-state index in [4.69, 9.17) is 5.73 Å². The Morgan fingerprint density at radius 2 is 1.92 bits per heavy atom. The van der Waals surface area contributed by atoms with Gasteiger partial charge in [-0.15, -0.1) is 24.0 Å². The fraction of sp³-hybridized carbons (Fsp3) is 0.579. The van der Waals surface area contributed by atoms with E-state index in [2.05, 4.69) is 16.8 Å². The van der Waals surface area contributed by atoms with Crippen LogP contribution in [0.5, 0.6) is 0 Å². The van der Waals surface area contributed by atoms with E-state index in [9.17, 15) is 4.79 Å². The van der Waals surface area contributed by atoms with Crippen LogP contribution in [0.3, 0.4) is 0 Å². The molecule has 1 aliphatic rings. The minimum Gasteiger partial charge on any atom is -0.370 e. The molecular formula is C19H31IN4O. The van der Waals surface area contributed by atoms with Crippen LogP contribution in [0, 0.1) is 5.92 Å². The van der Waals surface area contributed by atoms with Gasteiger partial charge in [0.2, 0.25) is 0 Å². The number of hydrogen-bond donors (Lipinski definition) is 1. The number of piperidine rings is 1. The molecule has 1 unspecified atom stereocenters. The Labute approximate surface area is 168 Å². The van der Waals surface area contributed by atoms with Gasteiger partial charge in [-0.1, -0.05) is 19.1 Å². The molecule has 6 heteroatoms. The third-order valence-electron chi connectivity index (χ3n) is 4.66. The van der Waals surface area contributed by atoms with Crippen molar-refractivity contribution in [3.05, 3.63) is 35.4 Å². The molecule has 0 bridgehead atoms. The molecule has 1 aromatic carbocycles. The molecule has 1 atom stereocenters. The highest BCUT2D eigenvalue weighted by Crippen LogP contribution is 2.15. The largest absolute Gasteiger partial charge is 0.370 e. The first-order valence-corrected chi connectivity index (χ1v) is 8.98. The minimum atomic E-state index is 0. The molecule has 0 aliphatic carbocycles. The minimum absolute atomic E-state index is 0. The topological polar surface area (TPSA) is 61.9 Å². The molecule has 25 heavy (non-hydrogen) atoms. The summed E-state index contributed by atoms with van der Waals surface area (Å²) in [5.41, 5.74) is 7.92. The Morgan fingerprint density at radius 3 is 2.48 bits per heavy atom. The highest BCUT2D eigenvalue weighted by atomic mass is 127. The van der Waals surface area contributed by atoms with E-state index in [1.54, 1.807) is 0 Å². The first-order valence-electron chi connectivity index (χ1n) is 8.98. The maximum absolute atomic E-state index is 12.3.